The lowest BCUT2D eigenvalue weighted by Crippen LogP contribution is -2.31. The highest BCUT2D eigenvalue weighted by Gasteiger charge is 2.38. The van der Waals surface area contributed by atoms with Crippen molar-refractivity contribution in [1.82, 2.24) is 0 Å². The SMILES string of the molecule is CC[C@H]1S/C(=N/N=C(/C)c2ccccc2)N(c2ccc(C)cc2)C1=O. The van der Waals surface area contributed by atoms with E-state index in [1.54, 1.807) is 4.90 Å². The first-order valence-electron chi connectivity index (χ1n) is 8.35. The average Bonchev–Trinajstić information content (AvgIpc) is 2.97. The molecule has 0 bridgehead atoms. The van der Waals surface area contributed by atoms with E-state index in [0.717, 1.165) is 28.9 Å². The number of amidine groups is 1. The molecule has 0 N–H and O–H groups in total. The van der Waals surface area contributed by atoms with E-state index in [-0.39, 0.29) is 11.2 Å². The van der Waals surface area contributed by atoms with Gasteiger partial charge in [0.25, 0.3) is 0 Å². The van der Waals surface area contributed by atoms with Crippen molar-refractivity contribution in [2.75, 3.05) is 4.90 Å². The summed E-state index contributed by atoms with van der Waals surface area (Å²) in [7, 11) is 0. The van der Waals surface area contributed by atoms with Crippen molar-refractivity contribution in [3.63, 3.8) is 0 Å². The van der Waals surface area contributed by atoms with E-state index in [0.29, 0.717) is 5.17 Å². The molecule has 0 saturated carbocycles. The summed E-state index contributed by atoms with van der Waals surface area (Å²) in [6.07, 6.45) is 0.770. The zero-order chi connectivity index (χ0) is 17.8. The number of carbonyl (C=O) groups is 1. The van der Waals surface area contributed by atoms with Crippen LogP contribution in [0.3, 0.4) is 0 Å². The number of hydrogen-bond acceptors (Lipinski definition) is 4. The summed E-state index contributed by atoms with van der Waals surface area (Å²) >= 11 is 1.48. The molecule has 5 heteroatoms. The van der Waals surface area contributed by atoms with Crippen molar-refractivity contribution in [3.8, 4) is 0 Å². The van der Waals surface area contributed by atoms with Crippen molar-refractivity contribution in [1.29, 1.82) is 0 Å². The van der Waals surface area contributed by atoms with Crippen molar-refractivity contribution < 1.29 is 4.79 Å². The van der Waals surface area contributed by atoms with E-state index in [9.17, 15) is 4.79 Å². The summed E-state index contributed by atoms with van der Waals surface area (Å²) in [4.78, 5) is 14.4. The summed E-state index contributed by atoms with van der Waals surface area (Å²) in [5, 5.41) is 9.29. The summed E-state index contributed by atoms with van der Waals surface area (Å²) in [5.41, 5.74) is 3.84. The molecule has 1 aliphatic heterocycles. The third kappa shape index (κ3) is 3.82. The summed E-state index contributed by atoms with van der Waals surface area (Å²) in [6.45, 7) is 5.97. The highest BCUT2D eigenvalue weighted by atomic mass is 32.2. The van der Waals surface area contributed by atoms with Gasteiger partial charge in [0.2, 0.25) is 5.91 Å². The number of rotatable bonds is 4. The molecule has 25 heavy (non-hydrogen) atoms. The van der Waals surface area contributed by atoms with E-state index in [4.69, 9.17) is 0 Å². The van der Waals surface area contributed by atoms with Gasteiger partial charge in [-0.2, -0.15) is 5.10 Å². The van der Waals surface area contributed by atoms with Crippen LogP contribution in [0.4, 0.5) is 5.69 Å². The van der Waals surface area contributed by atoms with Gasteiger partial charge in [-0.25, -0.2) is 0 Å². The van der Waals surface area contributed by atoms with Gasteiger partial charge in [0, 0.05) is 0 Å². The van der Waals surface area contributed by atoms with E-state index in [1.165, 1.54) is 11.8 Å². The number of nitrogens with zero attached hydrogens (tertiary/aromatic N) is 3. The first-order valence-corrected chi connectivity index (χ1v) is 9.23. The van der Waals surface area contributed by atoms with E-state index in [1.807, 2.05) is 75.4 Å². The molecular formula is C20H21N3OS. The maximum atomic E-state index is 12.7. The molecule has 4 nitrogen and oxygen atoms in total. The largest absolute Gasteiger partial charge is 0.273 e. The lowest BCUT2D eigenvalue weighted by molar-refractivity contribution is -0.116. The van der Waals surface area contributed by atoms with E-state index < -0.39 is 0 Å². The van der Waals surface area contributed by atoms with Crippen molar-refractivity contribution >= 4 is 34.2 Å². The Bertz CT molecular complexity index is 813. The monoisotopic (exact) mass is 351 g/mol. The predicted molar refractivity (Wildman–Crippen MR) is 106 cm³/mol. The van der Waals surface area contributed by atoms with Crippen LogP contribution < -0.4 is 4.90 Å². The van der Waals surface area contributed by atoms with Gasteiger partial charge >= 0.3 is 0 Å². The number of benzene rings is 2. The minimum atomic E-state index is -0.104. The van der Waals surface area contributed by atoms with Gasteiger partial charge in [0.15, 0.2) is 5.17 Å². The van der Waals surface area contributed by atoms with Crippen LogP contribution in [0.2, 0.25) is 0 Å². The summed E-state index contributed by atoms with van der Waals surface area (Å²) in [5.74, 6) is 0.0719. The van der Waals surface area contributed by atoms with Crippen LogP contribution in [0.15, 0.2) is 64.8 Å². The molecule has 1 saturated heterocycles. The van der Waals surface area contributed by atoms with E-state index in [2.05, 4.69) is 10.2 Å². The smallest absolute Gasteiger partial charge is 0.246 e. The maximum absolute atomic E-state index is 12.7. The van der Waals surface area contributed by atoms with Gasteiger partial charge < -0.3 is 0 Å². The van der Waals surface area contributed by atoms with Crippen molar-refractivity contribution in [3.05, 3.63) is 65.7 Å². The number of amides is 1. The Morgan fingerprint density at radius 3 is 2.44 bits per heavy atom. The van der Waals surface area contributed by atoms with Gasteiger partial charge in [-0.3, -0.25) is 9.69 Å². The van der Waals surface area contributed by atoms with Crippen LogP contribution in [0, 0.1) is 6.92 Å². The summed E-state index contributed by atoms with van der Waals surface area (Å²) in [6, 6.07) is 17.8. The molecule has 1 heterocycles. The predicted octanol–water partition coefficient (Wildman–Crippen LogP) is 4.63. The molecule has 1 fully saturated rings. The second kappa shape index (κ2) is 7.66. The Kier molecular flexibility index (Phi) is 5.34. The van der Waals surface area contributed by atoms with Crippen LogP contribution >= 0.6 is 11.8 Å². The molecular weight excluding hydrogens is 330 g/mol. The highest BCUT2D eigenvalue weighted by molar-refractivity contribution is 8.16. The normalized spacial score (nSPS) is 19.7. The standard InChI is InChI=1S/C20H21N3OS/c1-4-18-19(24)23(17-12-10-14(2)11-13-17)20(25-18)22-21-15(3)16-8-6-5-7-9-16/h5-13,18H,4H2,1-3H3/b21-15-,22-20+/t18-/m1/s1. The quantitative estimate of drug-likeness (QED) is 0.595. The van der Waals surface area contributed by atoms with Crippen LogP contribution in [-0.2, 0) is 4.79 Å². The van der Waals surface area contributed by atoms with E-state index >= 15 is 0 Å². The fourth-order valence-corrected chi connectivity index (χ4v) is 3.60. The minimum absolute atomic E-state index is 0.0719. The molecule has 1 amide bonds. The second-order valence-corrected chi connectivity index (χ2v) is 7.13. The minimum Gasteiger partial charge on any atom is -0.273 e. The molecule has 0 aliphatic carbocycles. The molecule has 3 rings (SSSR count). The molecule has 128 valence electrons. The van der Waals surface area contributed by atoms with Gasteiger partial charge in [0.1, 0.15) is 0 Å². The molecule has 0 radical (unpaired) electrons. The van der Waals surface area contributed by atoms with Crippen LogP contribution in [0.1, 0.15) is 31.4 Å². The average molecular weight is 351 g/mol. The zero-order valence-corrected chi connectivity index (χ0v) is 15.5. The zero-order valence-electron chi connectivity index (χ0n) is 14.6. The number of aryl methyl sites for hydroxylation is 1. The maximum Gasteiger partial charge on any atom is 0.246 e. The van der Waals surface area contributed by atoms with Gasteiger partial charge in [-0.15, -0.1) is 5.10 Å². The molecule has 0 aromatic heterocycles. The molecule has 2 aromatic carbocycles. The second-order valence-electron chi connectivity index (χ2n) is 5.96. The Morgan fingerprint density at radius 2 is 1.80 bits per heavy atom. The number of hydrogen-bond donors (Lipinski definition) is 0. The Hall–Kier alpha value is -2.40. The van der Waals surface area contributed by atoms with Crippen LogP contribution in [-0.4, -0.2) is 22.0 Å². The summed E-state index contributed by atoms with van der Waals surface area (Å²) < 4.78 is 0. The molecule has 0 spiro atoms. The highest BCUT2D eigenvalue weighted by Crippen LogP contribution is 2.33. The van der Waals surface area contributed by atoms with Gasteiger partial charge in [-0.1, -0.05) is 66.7 Å². The lowest BCUT2D eigenvalue weighted by Gasteiger charge is -2.16. The molecule has 0 unspecified atom stereocenters. The molecule has 2 aromatic rings. The Morgan fingerprint density at radius 1 is 1.12 bits per heavy atom. The van der Waals surface area contributed by atoms with Crippen molar-refractivity contribution in [2.24, 2.45) is 10.2 Å². The first kappa shape index (κ1) is 17.4. The third-order valence-corrected chi connectivity index (χ3v) is 5.37. The molecule has 1 atom stereocenters. The lowest BCUT2D eigenvalue weighted by atomic mass is 10.1. The first-order chi connectivity index (χ1) is 12.1. The Balaban J connectivity index is 1.94. The topological polar surface area (TPSA) is 45.0 Å². The van der Waals surface area contributed by atoms with Crippen molar-refractivity contribution in [2.45, 2.75) is 32.4 Å². The van der Waals surface area contributed by atoms with Crippen LogP contribution in [0.5, 0.6) is 0 Å². The number of thioether (sulfide) groups is 1. The molecule has 1 aliphatic rings. The number of anilines is 1. The van der Waals surface area contributed by atoms with Crippen LogP contribution in [0.25, 0.3) is 0 Å². The Labute approximate surface area is 152 Å². The number of carbonyl (C=O) groups excluding carboxylic acids is 1. The van der Waals surface area contributed by atoms with Gasteiger partial charge in [-0.05, 0) is 38.0 Å². The third-order valence-electron chi connectivity index (χ3n) is 4.07. The fraction of sp³-hybridized carbons (Fsp3) is 0.250. The van der Waals surface area contributed by atoms with Gasteiger partial charge in [0.05, 0.1) is 16.6 Å². The fourth-order valence-electron chi connectivity index (χ4n) is 2.58.